The first-order valence-corrected chi connectivity index (χ1v) is 9.32. The van der Waals surface area contributed by atoms with Crippen LogP contribution in [0, 0.1) is 6.92 Å². The molecule has 3 amide bonds. The summed E-state index contributed by atoms with van der Waals surface area (Å²) in [6.45, 7) is 3.87. The van der Waals surface area contributed by atoms with Crippen molar-refractivity contribution in [2.45, 2.75) is 26.4 Å². The lowest BCUT2D eigenvalue weighted by Gasteiger charge is -2.21. The molecule has 0 radical (unpaired) electrons. The van der Waals surface area contributed by atoms with E-state index < -0.39 is 23.8 Å². The number of nitrogens with zero attached hydrogens (tertiary/aromatic N) is 3. The largest absolute Gasteiger partial charge is 0.309 e. The maximum atomic E-state index is 12.9. The number of benzene rings is 2. The number of anilines is 1. The molecule has 0 aliphatic carbocycles. The summed E-state index contributed by atoms with van der Waals surface area (Å²) in [5.41, 5.74) is 2.44. The van der Waals surface area contributed by atoms with Crippen molar-refractivity contribution in [2.24, 2.45) is 0 Å². The third kappa shape index (κ3) is 3.42. The molecule has 29 heavy (non-hydrogen) atoms. The minimum Gasteiger partial charge on any atom is -0.309 e. The number of amides is 3. The van der Waals surface area contributed by atoms with Crippen LogP contribution in [-0.4, -0.2) is 38.4 Å². The fraction of sp³-hybridized carbons (Fsp3) is 0.182. The van der Waals surface area contributed by atoms with Gasteiger partial charge in [0.15, 0.2) is 0 Å². The Labute approximate surface area is 167 Å². The molecule has 1 aliphatic heterocycles. The molecule has 0 saturated carbocycles. The fourth-order valence-electron chi connectivity index (χ4n) is 3.43. The maximum Gasteiger partial charge on any atom is 0.262 e. The van der Waals surface area contributed by atoms with Crippen LogP contribution in [0.3, 0.4) is 0 Å². The number of aromatic nitrogens is 2. The van der Waals surface area contributed by atoms with Crippen LogP contribution >= 0.6 is 0 Å². The van der Waals surface area contributed by atoms with Crippen LogP contribution in [-0.2, 0) is 11.3 Å². The quantitative estimate of drug-likeness (QED) is 0.681. The summed E-state index contributed by atoms with van der Waals surface area (Å²) in [6, 6.07) is 17.2. The van der Waals surface area contributed by atoms with Crippen molar-refractivity contribution < 1.29 is 14.4 Å². The van der Waals surface area contributed by atoms with Gasteiger partial charge in [0.2, 0.25) is 5.91 Å². The van der Waals surface area contributed by atoms with Gasteiger partial charge in [-0.3, -0.25) is 19.3 Å². The van der Waals surface area contributed by atoms with Crippen LogP contribution in [0.4, 0.5) is 5.82 Å². The summed E-state index contributed by atoms with van der Waals surface area (Å²) < 4.78 is 1.69. The van der Waals surface area contributed by atoms with E-state index in [9.17, 15) is 14.4 Å². The van der Waals surface area contributed by atoms with Gasteiger partial charge in [0.05, 0.1) is 23.4 Å². The van der Waals surface area contributed by atoms with Gasteiger partial charge < -0.3 is 5.32 Å². The van der Waals surface area contributed by atoms with Gasteiger partial charge in [-0.25, -0.2) is 4.68 Å². The highest BCUT2D eigenvalue weighted by Gasteiger charge is 2.40. The minimum atomic E-state index is -0.956. The van der Waals surface area contributed by atoms with E-state index >= 15 is 0 Å². The first kappa shape index (κ1) is 18.6. The van der Waals surface area contributed by atoms with Gasteiger partial charge in [0.25, 0.3) is 11.8 Å². The lowest BCUT2D eigenvalue weighted by atomic mass is 10.1. The summed E-state index contributed by atoms with van der Waals surface area (Å²) in [5, 5.41) is 7.24. The number of hydrogen-bond acceptors (Lipinski definition) is 4. The normalized spacial score (nSPS) is 14.1. The van der Waals surface area contributed by atoms with E-state index in [1.807, 2.05) is 37.3 Å². The molecule has 146 valence electrons. The Morgan fingerprint density at radius 1 is 1.00 bits per heavy atom. The Bertz CT molecular complexity index is 1070. The highest BCUT2D eigenvalue weighted by molar-refractivity contribution is 6.23. The Kier molecular flexibility index (Phi) is 4.72. The summed E-state index contributed by atoms with van der Waals surface area (Å²) in [5.74, 6) is -0.849. The minimum absolute atomic E-state index is 0.321. The number of imide groups is 1. The van der Waals surface area contributed by atoms with E-state index in [-0.39, 0.29) is 0 Å². The Morgan fingerprint density at radius 3 is 2.21 bits per heavy atom. The molecule has 0 saturated heterocycles. The molecule has 1 aromatic heterocycles. The maximum absolute atomic E-state index is 12.9. The average molecular weight is 388 g/mol. The topological polar surface area (TPSA) is 84.3 Å². The molecule has 3 aromatic rings. The third-order valence-corrected chi connectivity index (χ3v) is 4.92. The second kappa shape index (κ2) is 7.35. The molecule has 1 N–H and O–H groups in total. The molecule has 1 atom stereocenters. The number of carbonyl (C=O) groups excluding carboxylic acids is 3. The molecule has 7 heteroatoms. The van der Waals surface area contributed by atoms with Crippen LogP contribution in [0.5, 0.6) is 0 Å². The third-order valence-electron chi connectivity index (χ3n) is 4.92. The van der Waals surface area contributed by atoms with Crippen molar-refractivity contribution in [3.8, 4) is 0 Å². The van der Waals surface area contributed by atoms with Crippen molar-refractivity contribution in [2.75, 3.05) is 5.32 Å². The number of fused-ring (bicyclic) bond motifs is 1. The predicted octanol–water partition coefficient (Wildman–Crippen LogP) is 2.86. The van der Waals surface area contributed by atoms with E-state index in [1.54, 1.807) is 41.9 Å². The molecule has 2 aromatic carbocycles. The standard InChI is InChI=1S/C22H20N4O3/c1-14-12-19(25(24-14)13-16-8-4-3-5-9-16)23-20(27)15(2)26-21(28)17-10-6-7-11-18(17)22(26)29/h3-12,15H,13H2,1-2H3,(H,23,27). The second-order valence-corrected chi connectivity index (χ2v) is 7.01. The summed E-state index contributed by atoms with van der Waals surface area (Å²) in [6.07, 6.45) is 0. The van der Waals surface area contributed by atoms with E-state index in [2.05, 4.69) is 10.4 Å². The highest BCUT2D eigenvalue weighted by atomic mass is 16.2. The number of nitrogens with one attached hydrogen (secondary N) is 1. The number of aryl methyl sites for hydroxylation is 1. The lowest BCUT2D eigenvalue weighted by molar-refractivity contribution is -0.119. The van der Waals surface area contributed by atoms with Crippen molar-refractivity contribution in [3.05, 3.63) is 83.0 Å². The smallest absolute Gasteiger partial charge is 0.262 e. The van der Waals surface area contributed by atoms with Gasteiger partial charge in [0, 0.05) is 6.07 Å². The van der Waals surface area contributed by atoms with Gasteiger partial charge in [0.1, 0.15) is 11.9 Å². The van der Waals surface area contributed by atoms with Crippen LogP contribution in [0.25, 0.3) is 0 Å². The summed E-state index contributed by atoms with van der Waals surface area (Å²) >= 11 is 0. The predicted molar refractivity (Wildman–Crippen MR) is 108 cm³/mol. The van der Waals surface area contributed by atoms with E-state index in [1.165, 1.54) is 0 Å². The Morgan fingerprint density at radius 2 is 1.59 bits per heavy atom. The van der Waals surface area contributed by atoms with Crippen molar-refractivity contribution in [1.82, 2.24) is 14.7 Å². The molecule has 4 rings (SSSR count). The van der Waals surface area contributed by atoms with Crippen LogP contribution in [0.15, 0.2) is 60.7 Å². The molecule has 0 spiro atoms. The zero-order chi connectivity index (χ0) is 20.5. The average Bonchev–Trinajstić information content (AvgIpc) is 3.19. The fourth-order valence-corrected chi connectivity index (χ4v) is 3.43. The summed E-state index contributed by atoms with van der Waals surface area (Å²) in [7, 11) is 0. The van der Waals surface area contributed by atoms with Crippen LogP contribution in [0.1, 0.15) is 38.9 Å². The first-order valence-electron chi connectivity index (χ1n) is 9.32. The monoisotopic (exact) mass is 388 g/mol. The van der Waals surface area contributed by atoms with E-state index in [4.69, 9.17) is 0 Å². The molecule has 7 nitrogen and oxygen atoms in total. The number of hydrogen-bond donors (Lipinski definition) is 1. The van der Waals surface area contributed by atoms with Gasteiger partial charge in [-0.2, -0.15) is 5.10 Å². The van der Waals surface area contributed by atoms with Gasteiger partial charge in [-0.15, -0.1) is 0 Å². The van der Waals surface area contributed by atoms with Gasteiger partial charge >= 0.3 is 0 Å². The zero-order valence-corrected chi connectivity index (χ0v) is 16.1. The molecule has 1 aliphatic rings. The molecule has 0 bridgehead atoms. The number of carbonyl (C=O) groups is 3. The van der Waals surface area contributed by atoms with E-state index in [0.29, 0.717) is 23.5 Å². The van der Waals surface area contributed by atoms with Crippen molar-refractivity contribution in [3.63, 3.8) is 0 Å². The molecule has 2 heterocycles. The summed E-state index contributed by atoms with van der Waals surface area (Å²) in [4.78, 5) is 39.1. The highest BCUT2D eigenvalue weighted by Crippen LogP contribution is 2.25. The van der Waals surface area contributed by atoms with Crippen LogP contribution < -0.4 is 5.32 Å². The second-order valence-electron chi connectivity index (χ2n) is 7.01. The molecular formula is C22H20N4O3. The Balaban J connectivity index is 1.53. The van der Waals surface area contributed by atoms with Gasteiger partial charge in [-0.05, 0) is 31.5 Å². The van der Waals surface area contributed by atoms with Gasteiger partial charge in [-0.1, -0.05) is 42.5 Å². The molecular weight excluding hydrogens is 368 g/mol. The Hall–Kier alpha value is -3.74. The lowest BCUT2D eigenvalue weighted by Crippen LogP contribution is -2.45. The zero-order valence-electron chi connectivity index (χ0n) is 16.1. The van der Waals surface area contributed by atoms with Crippen molar-refractivity contribution in [1.29, 1.82) is 0 Å². The van der Waals surface area contributed by atoms with Crippen molar-refractivity contribution >= 4 is 23.5 Å². The molecule has 1 unspecified atom stereocenters. The first-order chi connectivity index (χ1) is 14.0. The number of rotatable bonds is 5. The van der Waals surface area contributed by atoms with Crippen LogP contribution in [0.2, 0.25) is 0 Å². The van der Waals surface area contributed by atoms with E-state index in [0.717, 1.165) is 16.2 Å². The molecule has 0 fully saturated rings. The SMILES string of the molecule is Cc1cc(NC(=O)C(C)N2C(=O)c3ccccc3C2=O)n(Cc2ccccc2)n1.